The summed E-state index contributed by atoms with van der Waals surface area (Å²) in [4.78, 5) is 16.4. The molecule has 6 aromatic rings. The number of benzene rings is 2. The quantitative estimate of drug-likeness (QED) is 0.0930. The zero-order valence-electron chi connectivity index (χ0n) is 33.1. The SMILES string of the molecule is CCS(=O)(=O)N(C)CC(Cc1ncc(-c2nnc(C(F)F)o2)cn1)c1ccc(F)cc1F.CCS(=O)(=O)NCC(Cc1ncc(-c2nnc(C(F)F)o2)cn1)c1ccc(F)cc1F. The average Bonchev–Trinajstić information content (AvgIpc) is 3.95. The molecular formula is C37H36F8N10O6S2. The van der Waals surface area contributed by atoms with Gasteiger partial charge >= 0.3 is 12.9 Å². The highest BCUT2D eigenvalue weighted by Crippen LogP contribution is 2.28. The van der Waals surface area contributed by atoms with Crippen LogP contribution in [0.25, 0.3) is 22.9 Å². The second-order valence-corrected chi connectivity index (χ2v) is 17.8. The van der Waals surface area contributed by atoms with Crippen molar-refractivity contribution >= 4 is 20.0 Å². The number of sulfonamides is 2. The summed E-state index contributed by atoms with van der Waals surface area (Å²) in [7, 11) is -5.75. The number of hydrogen-bond acceptors (Lipinski definition) is 14. The highest BCUT2D eigenvalue weighted by atomic mass is 32.2. The molecule has 2 aromatic carbocycles. The third-order valence-electron chi connectivity index (χ3n) is 9.07. The largest absolute Gasteiger partial charge is 0.415 e. The van der Waals surface area contributed by atoms with Gasteiger partial charge in [0.05, 0.1) is 22.6 Å². The van der Waals surface area contributed by atoms with Gasteiger partial charge in [0, 0.05) is 81.7 Å². The maximum absolute atomic E-state index is 14.4. The van der Waals surface area contributed by atoms with E-state index < -0.39 is 79.8 Å². The number of likely N-dealkylation sites (N-methyl/N-ethyl adjacent to an activating group) is 1. The maximum atomic E-state index is 14.4. The van der Waals surface area contributed by atoms with Gasteiger partial charge in [0.15, 0.2) is 0 Å². The molecule has 2 unspecified atom stereocenters. The van der Waals surface area contributed by atoms with E-state index >= 15 is 0 Å². The minimum atomic E-state index is -3.56. The number of rotatable bonds is 18. The zero-order valence-corrected chi connectivity index (χ0v) is 34.8. The lowest BCUT2D eigenvalue weighted by molar-refractivity contribution is 0.115. The molecule has 4 aromatic heterocycles. The van der Waals surface area contributed by atoms with E-state index in [2.05, 4.69) is 45.1 Å². The molecule has 0 aliphatic rings. The molecule has 63 heavy (non-hydrogen) atoms. The van der Waals surface area contributed by atoms with Crippen LogP contribution in [-0.2, 0) is 32.9 Å². The summed E-state index contributed by atoms with van der Waals surface area (Å²) >= 11 is 0. The molecule has 338 valence electrons. The molecule has 1 N–H and O–H groups in total. The normalized spacial score (nSPS) is 13.0. The summed E-state index contributed by atoms with van der Waals surface area (Å²) in [6, 6.07) is 6.06. The Morgan fingerprint density at radius 1 is 0.635 bits per heavy atom. The van der Waals surface area contributed by atoms with Crippen molar-refractivity contribution in [3.05, 3.63) is 119 Å². The van der Waals surface area contributed by atoms with Crippen LogP contribution in [0.1, 0.15) is 73.1 Å². The molecule has 0 radical (unpaired) electrons. The van der Waals surface area contributed by atoms with E-state index in [4.69, 9.17) is 8.83 Å². The average molecular weight is 933 g/mol. The minimum absolute atomic E-state index is 0.0151. The Hall–Kier alpha value is -5.86. The zero-order chi connectivity index (χ0) is 46.1. The van der Waals surface area contributed by atoms with Crippen LogP contribution < -0.4 is 4.72 Å². The highest BCUT2D eigenvalue weighted by Gasteiger charge is 2.26. The Kier molecular flexibility index (Phi) is 16.1. The van der Waals surface area contributed by atoms with Crippen molar-refractivity contribution < 1.29 is 60.8 Å². The van der Waals surface area contributed by atoms with E-state index in [9.17, 15) is 52.0 Å². The van der Waals surface area contributed by atoms with Crippen LogP contribution >= 0.6 is 0 Å². The van der Waals surface area contributed by atoms with Crippen molar-refractivity contribution in [3.8, 4) is 22.9 Å². The van der Waals surface area contributed by atoms with Gasteiger partial charge in [-0.25, -0.2) is 63.4 Å². The first-order valence-corrected chi connectivity index (χ1v) is 21.7. The van der Waals surface area contributed by atoms with Crippen LogP contribution in [0.2, 0.25) is 0 Å². The second kappa shape index (κ2) is 21.0. The van der Waals surface area contributed by atoms with Gasteiger partial charge < -0.3 is 8.83 Å². The third-order valence-corrected chi connectivity index (χ3v) is 12.3. The fourth-order valence-corrected chi connectivity index (χ4v) is 7.17. The summed E-state index contributed by atoms with van der Waals surface area (Å²) in [5.41, 5.74) is 0.588. The third kappa shape index (κ3) is 13.1. The first kappa shape index (κ1) is 48.2. The summed E-state index contributed by atoms with van der Waals surface area (Å²) in [5, 5.41) is 13.4. The van der Waals surface area contributed by atoms with E-state index in [1.165, 1.54) is 57.8 Å². The number of alkyl halides is 4. The van der Waals surface area contributed by atoms with Crippen molar-refractivity contribution in [3.63, 3.8) is 0 Å². The van der Waals surface area contributed by atoms with Gasteiger partial charge in [0.1, 0.15) is 34.9 Å². The lowest BCUT2D eigenvalue weighted by atomic mass is 9.94. The van der Waals surface area contributed by atoms with Crippen molar-refractivity contribution in [2.24, 2.45) is 0 Å². The standard InChI is InChI=1S/C19H19F4N5O3S.C18H17F4N5O3S/c1-3-32(29,30)28(2)10-11(14-5-4-13(20)7-15(14)21)6-16-24-8-12(9-25-16)18-26-27-19(31-18)17(22)23;1-2-31(28,29)25-9-10(13-4-3-12(19)6-14(13)20)5-15-23-7-11(8-24-15)17-26-27-18(30-17)16(21)22/h4-5,7-9,11,17H,3,6,10H2,1-2H3;3-4,6-8,10,16,25H,2,5,9H2,1H3. The molecule has 6 rings (SSSR count). The summed E-state index contributed by atoms with van der Waals surface area (Å²) in [6.07, 6.45) is -0.719. The first-order valence-electron chi connectivity index (χ1n) is 18.5. The van der Waals surface area contributed by atoms with Crippen LogP contribution in [0.4, 0.5) is 35.1 Å². The maximum Gasteiger partial charge on any atom is 0.314 e. The molecule has 0 bridgehead atoms. The number of nitrogens with one attached hydrogen (secondary N) is 1. The first-order chi connectivity index (χ1) is 29.8. The van der Waals surface area contributed by atoms with Crippen molar-refractivity contribution in [2.75, 3.05) is 31.6 Å². The summed E-state index contributed by atoms with van der Waals surface area (Å²) in [5.74, 6) is -6.57. The van der Waals surface area contributed by atoms with Crippen molar-refractivity contribution in [1.82, 2.24) is 49.4 Å². The van der Waals surface area contributed by atoms with Crippen LogP contribution in [0.3, 0.4) is 0 Å². The predicted octanol–water partition coefficient (Wildman–Crippen LogP) is 6.36. The molecule has 26 heteroatoms. The molecular weight excluding hydrogens is 897 g/mol. The molecule has 0 aliphatic heterocycles. The fourth-order valence-electron chi connectivity index (χ4n) is 5.66. The molecule has 0 saturated heterocycles. The molecule has 0 aliphatic carbocycles. The Morgan fingerprint density at radius 2 is 1.06 bits per heavy atom. The van der Waals surface area contributed by atoms with Crippen LogP contribution in [0.15, 0.2) is 70.0 Å². The molecule has 16 nitrogen and oxygen atoms in total. The van der Waals surface area contributed by atoms with Gasteiger partial charge in [0.2, 0.25) is 20.0 Å². The van der Waals surface area contributed by atoms with E-state index in [0.717, 1.165) is 22.5 Å². The fraction of sp³-hybridized carbons (Fsp3) is 0.351. The van der Waals surface area contributed by atoms with Crippen molar-refractivity contribution in [1.29, 1.82) is 0 Å². The van der Waals surface area contributed by atoms with Gasteiger partial charge in [-0.05, 0) is 37.1 Å². The van der Waals surface area contributed by atoms with Gasteiger partial charge in [0.25, 0.3) is 23.6 Å². The van der Waals surface area contributed by atoms with Gasteiger partial charge in [-0.1, -0.05) is 12.1 Å². The smallest absolute Gasteiger partial charge is 0.314 e. The Balaban J connectivity index is 0.000000238. The van der Waals surface area contributed by atoms with E-state index in [1.54, 1.807) is 0 Å². The number of halogens is 8. The summed E-state index contributed by atoms with van der Waals surface area (Å²) in [6.45, 7) is 2.68. The molecule has 2 atom stereocenters. The van der Waals surface area contributed by atoms with E-state index in [0.29, 0.717) is 6.07 Å². The number of aromatic nitrogens is 8. The monoisotopic (exact) mass is 932 g/mol. The van der Waals surface area contributed by atoms with Crippen molar-refractivity contribution in [2.45, 2.75) is 51.4 Å². The highest BCUT2D eigenvalue weighted by molar-refractivity contribution is 7.89. The molecule has 0 spiro atoms. The lowest BCUT2D eigenvalue weighted by Gasteiger charge is -2.24. The van der Waals surface area contributed by atoms with E-state index in [1.807, 2.05) is 0 Å². The summed E-state index contributed by atoms with van der Waals surface area (Å²) < 4.78 is 167. The number of hydrogen-bond donors (Lipinski definition) is 1. The lowest BCUT2D eigenvalue weighted by Crippen LogP contribution is -2.33. The van der Waals surface area contributed by atoms with Gasteiger partial charge in [-0.3, -0.25) is 0 Å². The van der Waals surface area contributed by atoms with Crippen LogP contribution in [0, 0.1) is 23.3 Å². The Morgan fingerprint density at radius 3 is 1.44 bits per heavy atom. The van der Waals surface area contributed by atoms with Gasteiger partial charge in [-0.2, -0.15) is 17.6 Å². The molecule has 0 fully saturated rings. The Bertz CT molecular complexity index is 2680. The van der Waals surface area contributed by atoms with Crippen LogP contribution in [-0.4, -0.2) is 93.1 Å². The molecule has 0 amide bonds. The number of nitrogens with zero attached hydrogens (tertiary/aromatic N) is 9. The minimum Gasteiger partial charge on any atom is -0.415 e. The van der Waals surface area contributed by atoms with E-state index in [-0.39, 0.29) is 83.1 Å². The van der Waals surface area contributed by atoms with Gasteiger partial charge in [-0.15, -0.1) is 20.4 Å². The van der Waals surface area contributed by atoms with Crippen LogP contribution in [0.5, 0.6) is 0 Å². The predicted molar refractivity (Wildman–Crippen MR) is 206 cm³/mol. The molecule has 0 saturated carbocycles. The second-order valence-electron chi connectivity index (χ2n) is 13.3. The topological polar surface area (TPSA) is 213 Å². The molecule has 4 heterocycles. The Labute approximate surface area is 354 Å².